The van der Waals surface area contributed by atoms with Crippen LogP contribution < -0.4 is 0 Å². The van der Waals surface area contributed by atoms with Gasteiger partial charge in [0.15, 0.2) is 0 Å². The fourth-order valence-electron chi connectivity index (χ4n) is 2.21. The molecule has 0 saturated carbocycles. The van der Waals surface area contributed by atoms with Crippen LogP contribution in [-0.2, 0) is 11.3 Å². The summed E-state index contributed by atoms with van der Waals surface area (Å²) in [5.41, 5.74) is 0. The third-order valence-corrected chi connectivity index (χ3v) is 3.20. The predicted molar refractivity (Wildman–Crippen MR) is 64.2 cm³/mol. The van der Waals surface area contributed by atoms with Crippen molar-refractivity contribution in [2.75, 3.05) is 13.1 Å². The summed E-state index contributed by atoms with van der Waals surface area (Å²) in [4.78, 5) is 17.6. The van der Waals surface area contributed by atoms with E-state index in [1.807, 2.05) is 4.90 Å². The average Bonchev–Trinajstić information content (AvgIpc) is 2.92. The fourth-order valence-corrected chi connectivity index (χ4v) is 2.21. The minimum absolute atomic E-state index is 0.0121. The van der Waals surface area contributed by atoms with Crippen molar-refractivity contribution in [3.8, 4) is 6.07 Å². The number of rotatable bonds is 4. The first-order chi connectivity index (χ1) is 8.79. The maximum absolute atomic E-state index is 12.0. The number of aryl methyl sites for hydroxylation is 1. The lowest BCUT2D eigenvalue weighted by molar-refractivity contribution is -0.132. The van der Waals surface area contributed by atoms with E-state index < -0.39 is 0 Å². The number of nitriles is 1. The van der Waals surface area contributed by atoms with Crippen LogP contribution in [0.4, 0.5) is 0 Å². The zero-order valence-electron chi connectivity index (χ0n) is 10.3. The van der Waals surface area contributed by atoms with E-state index in [-0.39, 0.29) is 11.8 Å². The Morgan fingerprint density at radius 1 is 1.56 bits per heavy atom. The van der Waals surface area contributed by atoms with Gasteiger partial charge in [-0.15, -0.1) is 0 Å². The van der Waals surface area contributed by atoms with Crippen molar-refractivity contribution >= 4 is 5.91 Å². The smallest absolute Gasteiger partial charge is 0.222 e. The molecule has 1 aliphatic heterocycles. The van der Waals surface area contributed by atoms with Crippen molar-refractivity contribution in [3.63, 3.8) is 0 Å². The van der Waals surface area contributed by atoms with Gasteiger partial charge in [0.25, 0.3) is 0 Å². The Hall–Kier alpha value is -1.90. The zero-order chi connectivity index (χ0) is 12.8. The van der Waals surface area contributed by atoms with Crippen molar-refractivity contribution in [1.82, 2.24) is 19.7 Å². The number of likely N-dealkylation sites (tertiary alicyclic amines) is 1. The van der Waals surface area contributed by atoms with Crippen LogP contribution >= 0.6 is 0 Å². The van der Waals surface area contributed by atoms with Crippen molar-refractivity contribution in [2.24, 2.45) is 5.92 Å². The molecule has 96 valence electrons. The number of hydrogen-bond acceptors (Lipinski definition) is 4. The third kappa shape index (κ3) is 3.29. The Balaban J connectivity index is 1.72. The van der Waals surface area contributed by atoms with Crippen LogP contribution in [0.5, 0.6) is 0 Å². The first-order valence-corrected chi connectivity index (χ1v) is 6.29. The third-order valence-electron chi connectivity index (χ3n) is 3.20. The molecule has 0 aromatic carbocycles. The quantitative estimate of drug-likeness (QED) is 0.789. The molecule has 0 spiro atoms. The summed E-state index contributed by atoms with van der Waals surface area (Å²) in [6.45, 7) is 2.10. The molecule has 0 bridgehead atoms. The molecule has 6 nitrogen and oxygen atoms in total. The highest BCUT2D eigenvalue weighted by Gasteiger charge is 2.22. The van der Waals surface area contributed by atoms with Gasteiger partial charge in [-0.05, 0) is 19.3 Å². The predicted octanol–water partition coefficient (Wildman–Crippen LogP) is 0.820. The monoisotopic (exact) mass is 247 g/mol. The van der Waals surface area contributed by atoms with Crippen LogP contribution in [0, 0.1) is 17.2 Å². The molecular weight excluding hydrogens is 230 g/mol. The molecule has 0 unspecified atom stereocenters. The summed E-state index contributed by atoms with van der Waals surface area (Å²) in [5.74, 6) is 0.160. The number of nitrogens with zero attached hydrogens (tertiary/aromatic N) is 5. The second kappa shape index (κ2) is 6.15. The van der Waals surface area contributed by atoms with Crippen molar-refractivity contribution in [1.29, 1.82) is 5.26 Å². The van der Waals surface area contributed by atoms with E-state index in [9.17, 15) is 4.79 Å². The van der Waals surface area contributed by atoms with Crippen molar-refractivity contribution in [3.05, 3.63) is 12.7 Å². The van der Waals surface area contributed by atoms with Gasteiger partial charge in [0.05, 0.1) is 12.0 Å². The Bertz CT molecular complexity index is 422. The van der Waals surface area contributed by atoms with Gasteiger partial charge in [-0.1, -0.05) is 0 Å². The highest BCUT2D eigenvalue weighted by molar-refractivity contribution is 5.76. The molecule has 0 radical (unpaired) electrons. The fraction of sp³-hybridized carbons (Fsp3) is 0.667. The molecule has 6 heteroatoms. The molecule has 1 saturated heterocycles. The molecule has 0 aliphatic carbocycles. The van der Waals surface area contributed by atoms with Gasteiger partial charge < -0.3 is 4.90 Å². The number of piperidine rings is 1. The Kier molecular flexibility index (Phi) is 4.29. The van der Waals surface area contributed by atoms with Gasteiger partial charge in [0, 0.05) is 26.1 Å². The van der Waals surface area contributed by atoms with E-state index in [2.05, 4.69) is 16.2 Å². The second-order valence-electron chi connectivity index (χ2n) is 4.57. The maximum Gasteiger partial charge on any atom is 0.222 e. The lowest BCUT2D eigenvalue weighted by Crippen LogP contribution is -2.39. The highest BCUT2D eigenvalue weighted by Crippen LogP contribution is 2.16. The van der Waals surface area contributed by atoms with Crippen molar-refractivity contribution in [2.45, 2.75) is 32.2 Å². The van der Waals surface area contributed by atoms with E-state index in [1.165, 1.54) is 6.33 Å². The standard InChI is InChI=1S/C12H17N5O/c13-7-11-3-1-5-16(8-11)12(18)4-2-6-17-10-14-9-15-17/h9-11H,1-6,8H2/t11-/m1/s1. The molecule has 2 rings (SSSR count). The normalized spacial score (nSPS) is 19.5. The summed E-state index contributed by atoms with van der Waals surface area (Å²) in [7, 11) is 0. The van der Waals surface area contributed by atoms with E-state index in [0.29, 0.717) is 19.5 Å². The van der Waals surface area contributed by atoms with Crippen LogP contribution in [0.3, 0.4) is 0 Å². The van der Waals surface area contributed by atoms with Gasteiger partial charge in [0.1, 0.15) is 12.7 Å². The molecule has 1 atom stereocenters. The Morgan fingerprint density at radius 2 is 2.44 bits per heavy atom. The number of hydrogen-bond donors (Lipinski definition) is 0. The highest BCUT2D eigenvalue weighted by atomic mass is 16.2. The van der Waals surface area contributed by atoms with Gasteiger partial charge in [-0.25, -0.2) is 4.98 Å². The lowest BCUT2D eigenvalue weighted by Gasteiger charge is -2.29. The van der Waals surface area contributed by atoms with Gasteiger partial charge in [-0.2, -0.15) is 10.4 Å². The lowest BCUT2D eigenvalue weighted by atomic mass is 9.99. The number of carbonyl (C=O) groups is 1. The zero-order valence-corrected chi connectivity index (χ0v) is 10.3. The van der Waals surface area contributed by atoms with Gasteiger partial charge >= 0.3 is 0 Å². The molecule has 0 N–H and O–H groups in total. The van der Waals surface area contributed by atoms with Crippen LogP contribution in [0.2, 0.25) is 0 Å². The second-order valence-corrected chi connectivity index (χ2v) is 4.57. The first kappa shape index (κ1) is 12.6. The van der Waals surface area contributed by atoms with E-state index in [4.69, 9.17) is 5.26 Å². The van der Waals surface area contributed by atoms with Crippen LogP contribution in [0.1, 0.15) is 25.7 Å². The number of aromatic nitrogens is 3. The Morgan fingerprint density at radius 3 is 3.17 bits per heavy atom. The van der Waals surface area contributed by atoms with Crippen LogP contribution in [0.25, 0.3) is 0 Å². The Labute approximate surface area is 106 Å². The summed E-state index contributed by atoms with van der Waals surface area (Å²) in [6.07, 6.45) is 6.27. The molecule has 18 heavy (non-hydrogen) atoms. The van der Waals surface area contributed by atoms with E-state index in [1.54, 1.807) is 11.0 Å². The topological polar surface area (TPSA) is 74.8 Å². The summed E-state index contributed by atoms with van der Waals surface area (Å²) in [5, 5.41) is 12.9. The molecule has 1 amide bonds. The number of amides is 1. The summed E-state index contributed by atoms with van der Waals surface area (Å²) in [6, 6.07) is 2.25. The minimum atomic E-state index is 0.0121. The van der Waals surface area contributed by atoms with E-state index >= 15 is 0 Å². The maximum atomic E-state index is 12.0. The number of carbonyl (C=O) groups excluding carboxylic acids is 1. The molecule has 1 aromatic heterocycles. The van der Waals surface area contributed by atoms with Crippen LogP contribution in [0.15, 0.2) is 12.7 Å². The molecule has 1 fully saturated rings. The summed E-state index contributed by atoms with van der Waals surface area (Å²) >= 11 is 0. The largest absolute Gasteiger partial charge is 0.341 e. The molecular formula is C12H17N5O. The van der Waals surface area contributed by atoms with Crippen LogP contribution in [-0.4, -0.2) is 38.7 Å². The molecule has 2 heterocycles. The van der Waals surface area contributed by atoms with Crippen molar-refractivity contribution < 1.29 is 4.79 Å². The first-order valence-electron chi connectivity index (χ1n) is 6.29. The minimum Gasteiger partial charge on any atom is -0.341 e. The summed E-state index contributed by atoms with van der Waals surface area (Å²) < 4.78 is 1.72. The molecule has 1 aliphatic rings. The SMILES string of the molecule is N#C[C@H]1CCCN(C(=O)CCCn2cncn2)C1. The average molecular weight is 247 g/mol. The molecule has 1 aromatic rings. The van der Waals surface area contributed by atoms with Gasteiger partial charge in [-0.3, -0.25) is 9.48 Å². The van der Waals surface area contributed by atoms with Gasteiger partial charge in [0.2, 0.25) is 5.91 Å². The van der Waals surface area contributed by atoms with E-state index in [0.717, 1.165) is 25.8 Å².